The van der Waals surface area contributed by atoms with Gasteiger partial charge in [-0.3, -0.25) is 14.7 Å². The Morgan fingerprint density at radius 1 is 1.17 bits per heavy atom. The van der Waals surface area contributed by atoms with Crippen LogP contribution in [0, 0.1) is 0 Å². The second kappa shape index (κ2) is 8.41. The summed E-state index contributed by atoms with van der Waals surface area (Å²) in [6.07, 6.45) is 6.39. The van der Waals surface area contributed by atoms with Crippen molar-refractivity contribution in [3.8, 4) is 11.5 Å². The van der Waals surface area contributed by atoms with Gasteiger partial charge in [0, 0.05) is 48.8 Å². The monoisotopic (exact) mass is 414 g/mol. The Labute approximate surface area is 174 Å². The highest BCUT2D eigenvalue weighted by molar-refractivity contribution is 7.99. The molecule has 2 atom stereocenters. The summed E-state index contributed by atoms with van der Waals surface area (Å²) >= 11 is 1.84. The van der Waals surface area contributed by atoms with Gasteiger partial charge in [0.1, 0.15) is 0 Å². The van der Waals surface area contributed by atoms with Crippen LogP contribution in [0.3, 0.4) is 0 Å². The van der Waals surface area contributed by atoms with Crippen LogP contribution in [0.2, 0.25) is 0 Å². The molecule has 0 unspecified atom stereocenters. The maximum Gasteiger partial charge on any atom is 0.247 e. The van der Waals surface area contributed by atoms with Crippen LogP contribution < -0.4 is 5.32 Å². The highest BCUT2D eigenvalue weighted by atomic mass is 32.2. The Morgan fingerprint density at radius 2 is 2.00 bits per heavy atom. The van der Waals surface area contributed by atoms with Crippen molar-refractivity contribution >= 4 is 17.7 Å². The zero-order valence-electron chi connectivity index (χ0n) is 16.4. The van der Waals surface area contributed by atoms with Crippen LogP contribution in [0.1, 0.15) is 31.1 Å². The van der Waals surface area contributed by atoms with Crippen molar-refractivity contribution in [3.05, 3.63) is 30.4 Å². The molecule has 9 heteroatoms. The normalized spacial score (nSPS) is 26.3. The molecule has 3 saturated heterocycles. The predicted molar refractivity (Wildman–Crippen MR) is 110 cm³/mol. The predicted octanol–water partition coefficient (Wildman–Crippen LogP) is 1.57. The number of aromatic nitrogens is 3. The summed E-state index contributed by atoms with van der Waals surface area (Å²) in [4.78, 5) is 21.2. The van der Waals surface area contributed by atoms with Crippen molar-refractivity contribution in [2.45, 2.75) is 37.3 Å². The second-order valence-electron chi connectivity index (χ2n) is 7.98. The SMILES string of the molecule is O=C([C@@H]1C[C@H](N2CCC(c3nnc(-c4ccncc4)o3)CC2)CN1)N1CCSC1. The van der Waals surface area contributed by atoms with Crippen LogP contribution in [-0.2, 0) is 4.79 Å². The van der Waals surface area contributed by atoms with Gasteiger partial charge in [0.25, 0.3) is 0 Å². The van der Waals surface area contributed by atoms with Crippen molar-refractivity contribution in [2.24, 2.45) is 0 Å². The number of carbonyl (C=O) groups is 1. The van der Waals surface area contributed by atoms with Crippen LogP contribution >= 0.6 is 11.8 Å². The van der Waals surface area contributed by atoms with Gasteiger partial charge in [-0.2, -0.15) is 0 Å². The maximum absolute atomic E-state index is 12.6. The third kappa shape index (κ3) is 4.04. The third-order valence-electron chi connectivity index (χ3n) is 6.23. The average Bonchev–Trinajstić information content (AvgIpc) is 3.56. The highest BCUT2D eigenvalue weighted by Crippen LogP contribution is 2.31. The second-order valence-corrected chi connectivity index (χ2v) is 9.06. The fourth-order valence-corrected chi connectivity index (χ4v) is 5.47. The molecule has 1 amide bonds. The number of rotatable bonds is 4. The molecule has 0 radical (unpaired) electrons. The fourth-order valence-electron chi connectivity index (χ4n) is 4.51. The van der Waals surface area contributed by atoms with E-state index in [1.807, 2.05) is 28.8 Å². The third-order valence-corrected chi connectivity index (χ3v) is 7.20. The van der Waals surface area contributed by atoms with Gasteiger partial charge in [-0.05, 0) is 44.5 Å². The van der Waals surface area contributed by atoms with E-state index in [9.17, 15) is 4.79 Å². The molecule has 154 valence electrons. The van der Waals surface area contributed by atoms with E-state index in [-0.39, 0.29) is 11.9 Å². The van der Waals surface area contributed by atoms with E-state index in [2.05, 4.69) is 25.4 Å². The summed E-state index contributed by atoms with van der Waals surface area (Å²) in [5, 5.41) is 12.0. The molecule has 5 rings (SSSR count). The van der Waals surface area contributed by atoms with Crippen molar-refractivity contribution in [1.29, 1.82) is 0 Å². The molecule has 2 aromatic rings. The number of pyridine rings is 1. The lowest BCUT2D eigenvalue weighted by atomic mass is 9.95. The molecule has 0 spiro atoms. The lowest BCUT2D eigenvalue weighted by Gasteiger charge is -2.34. The standard InChI is InChI=1S/C20H26N6O2S/c27-20(26-9-10-29-13-26)17-11-16(12-22-17)25-7-3-15(4-8-25)19-24-23-18(28-19)14-1-5-21-6-2-14/h1-2,5-6,15-17,22H,3-4,7-13H2/t16-,17-/m0/s1. The smallest absolute Gasteiger partial charge is 0.247 e. The van der Waals surface area contributed by atoms with Gasteiger partial charge in [-0.25, -0.2) is 0 Å². The Bertz CT molecular complexity index is 833. The summed E-state index contributed by atoms with van der Waals surface area (Å²) < 4.78 is 5.94. The summed E-state index contributed by atoms with van der Waals surface area (Å²) in [6.45, 7) is 3.80. The number of piperidine rings is 1. The molecule has 0 bridgehead atoms. The molecule has 1 N–H and O–H groups in total. The number of nitrogens with zero attached hydrogens (tertiary/aromatic N) is 5. The lowest BCUT2D eigenvalue weighted by Crippen LogP contribution is -2.42. The first-order chi connectivity index (χ1) is 14.3. The summed E-state index contributed by atoms with van der Waals surface area (Å²) in [7, 11) is 0. The number of carbonyl (C=O) groups excluding carboxylic acids is 1. The van der Waals surface area contributed by atoms with Crippen molar-refractivity contribution in [3.63, 3.8) is 0 Å². The number of hydrogen-bond acceptors (Lipinski definition) is 8. The molecule has 3 fully saturated rings. The minimum Gasteiger partial charge on any atom is -0.420 e. The quantitative estimate of drug-likeness (QED) is 0.807. The number of thioether (sulfide) groups is 1. The molecule has 3 aliphatic rings. The molecular weight excluding hydrogens is 388 g/mol. The molecule has 5 heterocycles. The van der Waals surface area contributed by atoms with E-state index >= 15 is 0 Å². The molecule has 0 aliphatic carbocycles. The molecule has 29 heavy (non-hydrogen) atoms. The van der Waals surface area contributed by atoms with Gasteiger partial charge in [0.2, 0.25) is 17.7 Å². The Hall–Kier alpha value is -1.97. The molecule has 8 nitrogen and oxygen atoms in total. The summed E-state index contributed by atoms with van der Waals surface area (Å²) in [5.41, 5.74) is 0.903. The van der Waals surface area contributed by atoms with Crippen LogP contribution in [0.25, 0.3) is 11.5 Å². The van der Waals surface area contributed by atoms with Gasteiger partial charge in [-0.15, -0.1) is 22.0 Å². The summed E-state index contributed by atoms with van der Waals surface area (Å²) in [6, 6.07) is 4.18. The largest absolute Gasteiger partial charge is 0.420 e. The van der Waals surface area contributed by atoms with E-state index in [1.54, 1.807) is 12.4 Å². The van der Waals surface area contributed by atoms with Gasteiger partial charge in [0.15, 0.2) is 0 Å². The van der Waals surface area contributed by atoms with E-state index in [0.717, 1.165) is 68.5 Å². The van der Waals surface area contributed by atoms with Crippen molar-refractivity contribution in [1.82, 2.24) is 30.3 Å². The van der Waals surface area contributed by atoms with Crippen LogP contribution in [0.4, 0.5) is 0 Å². The topological polar surface area (TPSA) is 87.4 Å². The number of amides is 1. The highest BCUT2D eigenvalue weighted by Gasteiger charge is 2.37. The molecule has 2 aromatic heterocycles. The van der Waals surface area contributed by atoms with Crippen LogP contribution in [0.15, 0.2) is 28.9 Å². The average molecular weight is 415 g/mol. The number of nitrogens with one attached hydrogen (secondary N) is 1. The number of hydrogen-bond donors (Lipinski definition) is 1. The summed E-state index contributed by atoms with van der Waals surface area (Å²) in [5.74, 6) is 3.80. The molecular formula is C20H26N6O2S. The minimum absolute atomic E-state index is 0.0183. The zero-order chi connectivity index (χ0) is 19.6. The van der Waals surface area contributed by atoms with Gasteiger partial charge >= 0.3 is 0 Å². The van der Waals surface area contributed by atoms with Gasteiger partial charge in [-0.1, -0.05) is 0 Å². The Kier molecular flexibility index (Phi) is 5.52. The Morgan fingerprint density at radius 3 is 2.76 bits per heavy atom. The van der Waals surface area contributed by atoms with Crippen molar-refractivity contribution in [2.75, 3.05) is 37.8 Å². The lowest BCUT2D eigenvalue weighted by molar-refractivity contribution is -0.131. The fraction of sp³-hybridized carbons (Fsp3) is 0.600. The van der Waals surface area contributed by atoms with Gasteiger partial charge in [0.05, 0.1) is 11.9 Å². The van der Waals surface area contributed by atoms with E-state index in [4.69, 9.17) is 4.42 Å². The maximum atomic E-state index is 12.6. The Balaban J connectivity index is 1.14. The van der Waals surface area contributed by atoms with E-state index < -0.39 is 0 Å². The van der Waals surface area contributed by atoms with Gasteiger partial charge < -0.3 is 14.6 Å². The first-order valence-electron chi connectivity index (χ1n) is 10.4. The van der Waals surface area contributed by atoms with E-state index in [0.29, 0.717) is 17.9 Å². The van der Waals surface area contributed by atoms with Crippen LogP contribution in [-0.4, -0.2) is 80.8 Å². The first-order valence-corrected chi connectivity index (χ1v) is 11.5. The molecule has 0 saturated carbocycles. The van der Waals surface area contributed by atoms with Crippen molar-refractivity contribution < 1.29 is 9.21 Å². The van der Waals surface area contributed by atoms with E-state index in [1.165, 1.54) is 0 Å². The molecule has 0 aromatic carbocycles. The zero-order valence-corrected chi connectivity index (χ0v) is 17.2. The molecule has 3 aliphatic heterocycles. The number of likely N-dealkylation sites (tertiary alicyclic amines) is 1. The van der Waals surface area contributed by atoms with Crippen LogP contribution in [0.5, 0.6) is 0 Å². The minimum atomic E-state index is -0.0183. The first kappa shape index (κ1) is 19.0.